The fraction of sp³-hybridized carbons (Fsp3) is 0. The van der Waals surface area contributed by atoms with Gasteiger partial charge in [0.2, 0.25) is 0 Å². The molecule has 0 aliphatic heterocycles. The second kappa shape index (κ2) is 26.3. The molecule has 0 aliphatic rings. The van der Waals surface area contributed by atoms with Gasteiger partial charge in [-0.25, -0.2) is 0 Å². The minimum atomic E-state index is 0. The van der Waals surface area contributed by atoms with Crippen LogP contribution in [0.2, 0.25) is 0 Å². The predicted molar refractivity (Wildman–Crippen MR) is 35.7 cm³/mol. The Hall–Kier alpha value is 3.39. The summed E-state index contributed by atoms with van der Waals surface area (Å²) in [4.78, 5) is 0. The van der Waals surface area contributed by atoms with Crippen molar-refractivity contribution in [3.05, 3.63) is 0 Å². The Kier molecular flexibility index (Phi) is 209. The van der Waals surface area contributed by atoms with Crippen LogP contribution in [-0.2, 0) is 0 Å². The predicted octanol–water partition coefficient (Wildman–Crippen LogP) is -3.24. The molecule has 0 aliphatic carbocycles. The number of hydrogen-bond donors (Lipinski definition) is 0. The van der Waals surface area contributed by atoms with Gasteiger partial charge >= 0.3 is 105 Å². The molecular formula is H5Li4Na. The van der Waals surface area contributed by atoms with E-state index in [4.69, 9.17) is 0 Å². The first-order valence-electron chi connectivity index (χ1n) is 0. The van der Waals surface area contributed by atoms with Gasteiger partial charge in [-0.15, -0.1) is 0 Å². The monoisotopic (exact) mass is 56.1 g/mol. The van der Waals surface area contributed by atoms with E-state index in [9.17, 15) is 0 Å². The van der Waals surface area contributed by atoms with Gasteiger partial charge in [0.1, 0.15) is 0 Å². The van der Waals surface area contributed by atoms with Crippen molar-refractivity contribution in [2.75, 3.05) is 0 Å². The summed E-state index contributed by atoms with van der Waals surface area (Å²) in [6.45, 7) is 0. The molecule has 5 heteroatoms. The standard InChI is InChI=1S/4Li.Na.5H. The van der Waals surface area contributed by atoms with Gasteiger partial charge in [0, 0.05) is 0 Å². The maximum atomic E-state index is 0. The Morgan fingerprint density at radius 1 is 0.400 bits per heavy atom. The molecule has 0 N–H and O–H groups in total. The van der Waals surface area contributed by atoms with Gasteiger partial charge in [-0.3, -0.25) is 0 Å². The summed E-state index contributed by atoms with van der Waals surface area (Å²) in [5, 5.41) is 0. The zero-order valence-electron chi connectivity index (χ0n) is 0. The quantitative estimate of drug-likeness (QED) is 0.256. The van der Waals surface area contributed by atoms with Crippen LogP contribution in [0.25, 0.3) is 0 Å². The third kappa shape index (κ3) is 18.7. The van der Waals surface area contributed by atoms with Gasteiger partial charge in [-0.05, 0) is 0 Å². The molecule has 0 saturated carbocycles. The van der Waals surface area contributed by atoms with Crippen LogP contribution < -0.4 is 0 Å². The molecule has 0 nitrogen and oxygen atoms in total. The molecule has 0 bridgehead atoms. The molecule has 0 heterocycles. The van der Waals surface area contributed by atoms with Crippen molar-refractivity contribution in [1.82, 2.24) is 0 Å². The summed E-state index contributed by atoms with van der Waals surface area (Å²) in [7, 11) is 0. The van der Waals surface area contributed by atoms with Crippen molar-refractivity contribution in [2.24, 2.45) is 0 Å². The summed E-state index contributed by atoms with van der Waals surface area (Å²) in [6.07, 6.45) is 0. The van der Waals surface area contributed by atoms with Crippen molar-refractivity contribution in [3.8, 4) is 0 Å². The summed E-state index contributed by atoms with van der Waals surface area (Å²) >= 11 is 0. The Bertz CT molecular complexity index is 3.61. The summed E-state index contributed by atoms with van der Waals surface area (Å²) in [5.41, 5.74) is 0. The van der Waals surface area contributed by atoms with E-state index in [1.54, 1.807) is 0 Å². The van der Waals surface area contributed by atoms with Crippen molar-refractivity contribution in [3.63, 3.8) is 0 Å². The number of hydrogen-bond acceptors (Lipinski definition) is 0. The fourth-order valence-corrected chi connectivity index (χ4v) is 0. The Balaban J connectivity index is 0. The van der Waals surface area contributed by atoms with Gasteiger partial charge < -0.3 is 0 Å². The van der Waals surface area contributed by atoms with Crippen molar-refractivity contribution in [2.45, 2.75) is 0 Å². The van der Waals surface area contributed by atoms with Crippen LogP contribution in [0.5, 0.6) is 0 Å². The van der Waals surface area contributed by atoms with Gasteiger partial charge in [-0.1, -0.05) is 0 Å². The molecule has 5 heavy (non-hydrogen) atoms. The average Bonchev–Trinajstić information content (AvgIpc) is 0. The molecule has 0 fully saturated rings. The van der Waals surface area contributed by atoms with E-state index in [0.29, 0.717) is 0 Å². The van der Waals surface area contributed by atoms with Crippen LogP contribution in [0.3, 0.4) is 0 Å². The molecule has 0 radical (unpaired) electrons. The third-order valence-electron chi connectivity index (χ3n) is 0. The molecule has 0 rings (SSSR count). The molecule has 0 aromatic rings. The first-order valence-corrected chi connectivity index (χ1v) is 0. The van der Waals surface area contributed by atoms with Crippen LogP contribution in [0.4, 0.5) is 0 Å². The topological polar surface area (TPSA) is 0 Å². The molecular weight excluding hydrogens is 50.8 g/mol. The Morgan fingerprint density at radius 3 is 0.400 bits per heavy atom. The van der Waals surface area contributed by atoms with Crippen molar-refractivity contribution in [1.29, 1.82) is 0 Å². The molecule has 0 atom stereocenters. The molecule has 0 spiro atoms. The van der Waals surface area contributed by atoms with Crippen LogP contribution >= 0.6 is 0 Å². The Morgan fingerprint density at radius 2 is 0.400 bits per heavy atom. The Labute approximate surface area is 103 Å². The van der Waals surface area contributed by atoms with Gasteiger partial charge in [0.05, 0.1) is 0 Å². The third-order valence-corrected chi connectivity index (χ3v) is 0. The normalized spacial score (nSPS) is 0. The van der Waals surface area contributed by atoms with E-state index in [2.05, 4.69) is 0 Å². The van der Waals surface area contributed by atoms with E-state index in [-0.39, 0.29) is 105 Å². The second-order valence-corrected chi connectivity index (χ2v) is 0. The van der Waals surface area contributed by atoms with Gasteiger partial charge in [0.15, 0.2) is 0 Å². The maximum absolute atomic E-state index is 0. The van der Waals surface area contributed by atoms with E-state index in [0.717, 1.165) is 0 Å². The zero-order chi connectivity index (χ0) is 0. The van der Waals surface area contributed by atoms with Gasteiger partial charge in [0.25, 0.3) is 0 Å². The summed E-state index contributed by atoms with van der Waals surface area (Å²) < 4.78 is 0. The summed E-state index contributed by atoms with van der Waals surface area (Å²) in [6, 6.07) is 0. The molecule has 0 unspecified atom stereocenters. The van der Waals surface area contributed by atoms with E-state index in [1.807, 2.05) is 0 Å². The van der Waals surface area contributed by atoms with Crippen LogP contribution in [-0.4, -0.2) is 105 Å². The van der Waals surface area contributed by atoms with Gasteiger partial charge in [-0.2, -0.15) is 0 Å². The molecule has 0 aromatic heterocycles. The SMILES string of the molecule is [LiH].[LiH].[LiH].[LiH].[NaH]. The molecule has 10 valence electrons. The van der Waals surface area contributed by atoms with Crippen LogP contribution in [0.15, 0.2) is 0 Å². The molecule has 0 aromatic carbocycles. The van der Waals surface area contributed by atoms with Crippen LogP contribution in [0.1, 0.15) is 0 Å². The van der Waals surface area contributed by atoms with E-state index in [1.165, 1.54) is 0 Å². The average molecular weight is 55.8 g/mol. The van der Waals surface area contributed by atoms with Crippen LogP contribution in [0, 0.1) is 0 Å². The van der Waals surface area contributed by atoms with E-state index < -0.39 is 0 Å². The van der Waals surface area contributed by atoms with Crippen molar-refractivity contribution < 1.29 is 0 Å². The first kappa shape index (κ1) is 39.9. The first-order chi connectivity index (χ1) is 0. The second-order valence-electron chi connectivity index (χ2n) is 0. The fourth-order valence-electron chi connectivity index (χ4n) is 0. The molecule has 0 saturated heterocycles. The minimum absolute atomic E-state index is 0. The van der Waals surface area contributed by atoms with Crippen molar-refractivity contribution >= 4 is 105 Å². The zero-order valence-corrected chi connectivity index (χ0v) is 0. The summed E-state index contributed by atoms with van der Waals surface area (Å²) in [5.74, 6) is 0. The number of rotatable bonds is 0. The van der Waals surface area contributed by atoms with E-state index >= 15 is 0 Å². The molecule has 0 amide bonds.